The Morgan fingerprint density at radius 2 is 1.08 bits per heavy atom. The predicted molar refractivity (Wildman–Crippen MR) is 98.6 cm³/mol. The molecule has 0 saturated heterocycles. The highest BCUT2D eigenvalue weighted by Gasteiger charge is 2.10. The number of carbonyl (C=O) groups excluding carboxylic acids is 3. The first kappa shape index (κ1) is 18.9. The molecule has 0 aliphatic carbocycles. The molecule has 0 spiro atoms. The van der Waals surface area contributed by atoms with Crippen LogP contribution in [0.5, 0.6) is 0 Å². The van der Waals surface area contributed by atoms with Crippen LogP contribution in [0.3, 0.4) is 0 Å². The predicted octanol–water partition coefficient (Wildman–Crippen LogP) is 3.56. The van der Waals surface area contributed by atoms with Crippen molar-refractivity contribution in [2.45, 2.75) is 0 Å². The van der Waals surface area contributed by atoms with Gasteiger partial charge in [0.2, 0.25) is 0 Å². The first-order valence-electron chi connectivity index (χ1n) is 7.81. The van der Waals surface area contributed by atoms with Gasteiger partial charge in [0.1, 0.15) is 0 Å². The van der Waals surface area contributed by atoms with E-state index in [0.717, 1.165) is 0 Å². The van der Waals surface area contributed by atoms with E-state index in [4.69, 9.17) is 9.47 Å². The summed E-state index contributed by atoms with van der Waals surface area (Å²) in [4.78, 5) is 35.5. The molecule has 0 N–H and O–H groups in total. The van der Waals surface area contributed by atoms with E-state index in [1.165, 1.54) is 26.4 Å². The second-order valence-electron chi connectivity index (χ2n) is 5.23. The molecule has 0 fully saturated rings. The zero-order chi connectivity index (χ0) is 18.9. The van der Waals surface area contributed by atoms with Crippen LogP contribution in [-0.2, 0) is 14.3 Å². The maximum atomic E-state index is 12.1. The van der Waals surface area contributed by atoms with E-state index in [2.05, 4.69) is 0 Å². The summed E-state index contributed by atoms with van der Waals surface area (Å²) >= 11 is 0. The van der Waals surface area contributed by atoms with Gasteiger partial charge in [-0.25, -0.2) is 9.59 Å². The maximum absolute atomic E-state index is 12.1. The lowest BCUT2D eigenvalue weighted by molar-refractivity contribution is -0.110. The summed E-state index contributed by atoms with van der Waals surface area (Å²) < 4.78 is 9.44. The molecular formula is C21H18O5. The molecule has 132 valence electrons. The summed E-state index contributed by atoms with van der Waals surface area (Å²) in [6, 6.07) is 13.6. The van der Waals surface area contributed by atoms with Gasteiger partial charge in [0.25, 0.3) is 0 Å². The summed E-state index contributed by atoms with van der Waals surface area (Å²) in [5.41, 5.74) is 1.91. The molecule has 2 aromatic rings. The molecule has 5 heteroatoms. The molecule has 0 radical (unpaired) electrons. The van der Waals surface area contributed by atoms with Gasteiger partial charge in [0.15, 0.2) is 5.78 Å². The average molecular weight is 350 g/mol. The van der Waals surface area contributed by atoms with Crippen molar-refractivity contribution in [3.05, 3.63) is 82.9 Å². The largest absolute Gasteiger partial charge is 0.465 e. The lowest BCUT2D eigenvalue weighted by Crippen LogP contribution is -2.03. The molecule has 0 unspecified atom stereocenters. The monoisotopic (exact) mass is 350 g/mol. The molecule has 0 atom stereocenters. The average Bonchev–Trinajstić information content (AvgIpc) is 2.69. The first-order chi connectivity index (χ1) is 12.6. The van der Waals surface area contributed by atoms with Crippen LogP contribution in [0.1, 0.15) is 31.8 Å². The summed E-state index contributed by atoms with van der Waals surface area (Å²) in [5, 5.41) is 0. The smallest absolute Gasteiger partial charge is 0.338 e. The highest BCUT2D eigenvalue weighted by atomic mass is 16.5. The van der Waals surface area contributed by atoms with Crippen molar-refractivity contribution in [1.82, 2.24) is 0 Å². The van der Waals surface area contributed by atoms with Gasteiger partial charge >= 0.3 is 11.9 Å². The Balaban J connectivity index is 2.18. The Hall–Kier alpha value is -3.47. The molecule has 5 nitrogen and oxygen atoms in total. The molecule has 0 aliphatic heterocycles. The Labute approximate surface area is 151 Å². The van der Waals surface area contributed by atoms with Gasteiger partial charge in [-0.05, 0) is 35.4 Å². The molecule has 0 heterocycles. The lowest BCUT2D eigenvalue weighted by Gasteiger charge is -2.03. The van der Waals surface area contributed by atoms with Gasteiger partial charge in [-0.2, -0.15) is 0 Å². The Bertz CT molecular complexity index is 806. The van der Waals surface area contributed by atoms with Crippen LogP contribution in [0, 0.1) is 0 Å². The number of methoxy groups -OCH3 is 2. The van der Waals surface area contributed by atoms with Crippen LogP contribution in [0.2, 0.25) is 0 Å². The minimum Gasteiger partial charge on any atom is -0.465 e. The second kappa shape index (κ2) is 9.13. The maximum Gasteiger partial charge on any atom is 0.338 e. The zero-order valence-electron chi connectivity index (χ0n) is 14.5. The molecular weight excluding hydrogens is 332 g/mol. The third kappa shape index (κ3) is 4.77. The van der Waals surface area contributed by atoms with Crippen LogP contribution in [0.25, 0.3) is 12.2 Å². The van der Waals surface area contributed by atoms with E-state index in [-0.39, 0.29) is 5.78 Å². The fraction of sp³-hybridized carbons (Fsp3) is 0.0952. The number of hydrogen-bond donors (Lipinski definition) is 0. The molecule has 0 amide bonds. The SMILES string of the molecule is COC(=O)c1ccccc1C=CC(=O)C=Cc1ccccc1C(=O)OC. The van der Waals surface area contributed by atoms with Gasteiger partial charge in [-0.1, -0.05) is 48.6 Å². The first-order valence-corrected chi connectivity index (χ1v) is 7.81. The number of allylic oxidation sites excluding steroid dienone is 2. The summed E-state index contributed by atoms with van der Waals surface area (Å²) in [5.74, 6) is -1.23. The van der Waals surface area contributed by atoms with Crippen molar-refractivity contribution < 1.29 is 23.9 Å². The quantitative estimate of drug-likeness (QED) is 0.588. The standard InChI is InChI=1S/C21H18O5/c1-25-20(23)18-9-5-3-7-15(18)11-13-17(22)14-12-16-8-4-6-10-19(16)21(24)26-2/h3-14H,1-2H3. The van der Waals surface area contributed by atoms with E-state index in [0.29, 0.717) is 22.3 Å². The second-order valence-corrected chi connectivity index (χ2v) is 5.23. The normalized spacial score (nSPS) is 10.8. The zero-order valence-corrected chi connectivity index (χ0v) is 14.5. The number of ether oxygens (including phenoxy) is 2. The van der Waals surface area contributed by atoms with Crippen LogP contribution < -0.4 is 0 Å². The highest BCUT2D eigenvalue weighted by molar-refractivity contribution is 6.06. The Morgan fingerprint density at radius 3 is 1.46 bits per heavy atom. The van der Waals surface area contributed by atoms with Crippen LogP contribution in [-0.4, -0.2) is 31.9 Å². The van der Waals surface area contributed by atoms with E-state index < -0.39 is 11.9 Å². The van der Waals surface area contributed by atoms with Gasteiger partial charge in [0, 0.05) is 0 Å². The van der Waals surface area contributed by atoms with E-state index in [1.807, 2.05) is 0 Å². The van der Waals surface area contributed by atoms with Crippen LogP contribution in [0.4, 0.5) is 0 Å². The van der Waals surface area contributed by atoms with Gasteiger partial charge in [0.05, 0.1) is 25.3 Å². The molecule has 0 saturated carbocycles. The fourth-order valence-electron chi connectivity index (χ4n) is 2.28. The van der Waals surface area contributed by atoms with Crippen molar-refractivity contribution in [1.29, 1.82) is 0 Å². The van der Waals surface area contributed by atoms with Gasteiger partial charge in [-0.3, -0.25) is 4.79 Å². The minimum absolute atomic E-state index is 0.288. The third-order valence-corrected chi connectivity index (χ3v) is 3.59. The van der Waals surface area contributed by atoms with Gasteiger partial charge < -0.3 is 9.47 Å². The highest BCUT2D eigenvalue weighted by Crippen LogP contribution is 2.14. The van der Waals surface area contributed by atoms with Crippen molar-refractivity contribution >= 4 is 29.9 Å². The molecule has 26 heavy (non-hydrogen) atoms. The van der Waals surface area contributed by atoms with E-state index in [1.54, 1.807) is 60.7 Å². The molecule has 2 aromatic carbocycles. The van der Waals surface area contributed by atoms with Crippen molar-refractivity contribution in [3.63, 3.8) is 0 Å². The third-order valence-electron chi connectivity index (χ3n) is 3.59. The topological polar surface area (TPSA) is 69.7 Å². The van der Waals surface area contributed by atoms with Crippen molar-refractivity contribution in [2.24, 2.45) is 0 Å². The molecule has 2 rings (SSSR count). The number of hydrogen-bond acceptors (Lipinski definition) is 5. The summed E-state index contributed by atoms with van der Waals surface area (Å²) in [6.07, 6.45) is 5.79. The molecule has 0 bridgehead atoms. The van der Waals surface area contributed by atoms with E-state index in [9.17, 15) is 14.4 Å². The fourth-order valence-corrected chi connectivity index (χ4v) is 2.28. The van der Waals surface area contributed by atoms with Crippen molar-refractivity contribution in [3.8, 4) is 0 Å². The summed E-state index contributed by atoms with van der Waals surface area (Å²) in [7, 11) is 2.60. The number of benzene rings is 2. The molecule has 0 aliphatic rings. The lowest BCUT2D eigenvalue weighted by atomic mass is 10.1. The van der Waals surface area contributed by atoms with Crippen LogP contribution in [0.15, 0.2) is 60.7 Å². The number of rotatable bonds is 6. The minimum atomic E-state index is -0.472. The number of carbonyl (C=O) groups is 3. The summed E-state index contributed by atoms with van der Waals surface area (Å²) in [6.45, 7) is 0. The Morgan fingerprint density at radius 1 is 0.692 bits per heavy atom. The van der Waals surface area contributed by atoms with Crippen molar-refractivity contribution in [2.75, 3.05) is 14.2 Å². The van der Waals surface area contributed by atoms with E-state index >= 15 is 0 Å². The number of esters is 2. The molecule has 0 aromatic heterocycles. The Kier molecular flexibility index (Phi) is 6.62. The number of ketones is 1. The van der Waals surface area contributed by atoms with Gasteiger partial charge in [-0.15, -0.1) is 0 Å². The van der Waals surface area contributed by atoms with Crippen LogP contribution >= 0.6 is 0 Å².